The van der Waals surface area contributed by atoms with Gasteiger partial charge in [0.05, 0.1) is 5.69 Å². The van der Waals surface area contributed by atoms with Crippen LogP contribution in [-0.2, 0) is 4.79 Å². The summed E-state index contributed by atoms with van der Waals surface area (Å²) in [5, 5.41) is 8.79. The molecule has 0 radical (unpaired) electrons. The molecule has 1 heterocycles. The van der Waals surface area contributed by atoms with Crippen LogP contribution in [-0.4, -0.2) is 23.7 Å². The van der Waals surface area contributed by atoms with Crippen molar-refractivity contribution < 1.29 is 14.3 Å². The van der Waals surface area contributed by atoms with Crippen molar-refractivity contribution in [3.63, 3.8) is 0 Å². The summed E-state index contributed by atoms with van der Waals surface area (Å²) < 4.78 is 14.3. The van der Waals surface area contributed by atoms with Crippen LogP contribution in [0.15, 0.2) is 24.3 Å². The molecule has 0 amide bonds. The number of benzene rings is 1. The van der Waals surface area contributed by atoms with Crippen LogP contribution in [0, 0.1) is 5.82 Å². The van der Waals surface area contributed by atoms with Crippen LogP contribution in [0.1, 0.15) is 44.6 Å². The largest absolute Gasteiger partial charge is 0.478 e. The van der Waals surface area contributed by atoms with Gasteiger partial charge >= 0.3 is 5.97 Å². The van der Waals surface area contributed by atoms with Gasteiger partial charge in [-0.2, -0.15) is 0 Å². The van der Waals surface area contributed by atoms with Crippen molar-refractivity contribution in [3.8, 4) is 0 Å². The van der Waals surface area contributed by atoms with Gasteiger partial charge in [-0.25, -0.2) is 9.18 Å². The molecule has 1 unspecified atom stereocenters. The van der Waals surface area contributed by atoms with Gasteiger partial charge in [-0.05, 0) is 37.8 Å². The van der Waals surface area contributed by atoms with Gasteiger partial charge in [-0.3, -0.25) is 0 Å². The lowest BCUT2D eigenvalue weighted by atomic mass is 9.96. The summed E-state index contributed by atoms with van der Waals surface area (Å²) in [6.45, 7) is 2.97. The second kappa shape index (κ2) is 7.25. The maximum Gasteiger partial charge on any atom is 0.328 e. The second-order valence-corrected chi connectivity index (χ2v) is 5.48. The topological polar surface area (TPSA) is 40.5 Å². The summed E-state index contributed by atoms with van der Waals surface area (Å²) in [4.78, 5) is 12.8. The lowest BCUT2D eigenvalue weighted by Crippen LogP contribution is -2.40. The van der Waals surface area contributed by atoms with E-state index in [1.54, 1.807) is 12.1 Å². The van der Waals surface area contributed by atoms with Crippen molar-refractivity contribution in [2.24, 2.45) is 0 Å². The zero-order chi connectivity index (χ0) is 15.2. The van der Waals surface area contributed by atoms with Gasteiger partial charge in [-0.1, -0.05) is 25.5 Å². The molecule has 1 atom stereocenters. The molecule has 1 aromatic rings. The Kier molecular flexibility index (Phi) is 5.37. The number of piperidine rings is 1. The fourth-order valence-electron chi connectivity index (χ4n) is 3.06. The summed E-state index contributed by atoms with van der Waals surface area (Å²) in [5.74, 6) is -1.29. The van der Waals surface area contributed by atoms with E-state index >= 15 is 0 Å². The Labute approximate surface area is 125 Å². The highest BCUT2D eigenvalue weighted by atomic mass is 19.1. The summed E-state index contributed by atoms with van der Waals surface area (Å²) >= 11 is 0. The van der Waals surface area contributed by atoms with Gasteiger partial charge in [0.25, 0.3) is 0 Å². The SMILES string of the molecule is CCCC1CCCCN1c1c(F)cccc1/C=C/C(=O)O. The van der Waals surface area contributed by atoms with Crippen molar-refractivity contribution in [1.82, 2.24) is 0 Å². The number of carboxylic acids is 1. The summed E-state index contributed by atoms with van der Waals surface area (Å²) in [5.41, 5.74) is 1.19. The Balaban J connectivity index is 2.38. The minimum absolute atomic E-state index is 0.273. The van der Waals surface area contributed by atoms with E-state index in [-0.39, 0.29) is 5.82 Å². The van der Waals surface area contributed by atoms with Crippen LogP contribution in [0.3, 0.4) is 0 Å². The fourth-order valence-corrected chi connectivity index (χ4v) is 3.06. The van der Waals surface area contributed by atoms with Gasteiger partial charge in [0.2, 0.25) is 0 Å². The predicted octanol–water partition coefficient (Wildman–Crippen LogP) is 4.08. The van der Waals surface area contributed by atoms with Crippen LogP contribution in [0.2, 0.25) is 0 Å². The van der Waals surface area contributed by atoms with E-state index in [1.165, 1.54) is 18.6 Å². The molecule has 1 aromatic carbocycles. The first kappa shape index (κ1) is 15.5. The number of hydrogen-bond acceptors (Lipinski definition) is 2. The molecule has 0 bridgehead atoms. The smallest absolute Gasteiger partial charge is 0.328 e. The number of carbonyl (C=O) groups is 1. The van der Waals surface area contributed by atoms with E-state index < -0.39 is 5.97 Å². The van der Waals surface area contributed by atoms with Gasteiger partial charge in [0, 0.05) is 24.2 Å². The van der Waals surface area contributed by atoms with E-state index in [4.69, 9.17) is 5.11 Å². The number of hydrogen-bond donors (Lipinski definition) is 1. The lowest BCUT2D eigenvalue weighted by molar-refractivity contribution is -0.131. The first-order valence-electron chi connectivity index (χ1n) is 7.59. The van der Waals surface area contributed by atoms with Crippen LogP contribution in [0.4, 0.5) is 10.1 Å². The molecule has 3 nitrogen and oxygen atoms in total. The summed E-state index contributed by atoms with van der Waals surface area (Å²) in [6.07, 6.45) is 7.96. The van der Waals surface area contributed by atoms with Crippen LogP contribution < -0.4 is 4.90 Å². The highest BCUT2D eigenvalue weighted by Gasteiger charge is 2.25. The molecule has 1 N–H and O–H groups in total. The molecule has 114 valence electrons. The van der Waals surface area contributed by atoms with Crippen molar-refractivity contribution in [2.45, 2.75) is 45.1 Å². The van der Waals surface area contributed by atoms with E-state index in [9.17, 15) is 9.18 Å². The van der Waals surface area contributed by atoms with Crippen molar-refractivity contribution in [1.29, 1.82) is 0 Å². The lowest BCUT2D eigenvalue weighted by Gasteiger charge is -2.38. The van der Waals surface area contributed by atoms with Crippen molar-refractivity contribution >= 4 is 17.7 Å². The molecule has 21 heavy (non-hydrogen) atoms. The average Bonchev–Trinajstić information content (AvgIpc) is 2.46. The molecule has 4 heteroatoms. The van der Waals surface area contributed by atoms with Gasteiger partial charge in [0.1, 0.15) is 5.82 Å². The van der Waals surface area contributed by atoms with Gasteiger partial charge in [0.15, 0.2) is 0 Å². The van der Waals surface area contributed by atoms with E-state index in [2.05, 4.69) is 11.8 Å². The number of nitrogens with zero attached hydrogens (tertiary/aromatic N) is 1. The first-order valence-corrected chi connectivity index (χ1v) is 7.59. The Bertz CT molecular complexity index is 526. The van der Waals surface area contributed by atoms with Crippen molar-refractivity contribution in [2.75, 3.05) is 11.4 Å². The summed E-state index contributed by atoms with van der Waals surface area (Å²) in [7, 11) is 0. The predicted molar refractivity (Wildman–Crippen MR) is 83.0 cm³/mol. The van der Waals surface area contributed by atoms with E-state index in [0.29, 0.717) is 17.3 Å². The molecule has 1 aliphatic rings. The number of aliphatic carboxylic acids is 1. The molecular formula is C17H22FNO2. The molecule has 1 fully saturated rings. The Morgan fingerprint density at radius 3 is 3.00 bits per heavy atom. The molecule has 0 aliphatic carbocycles. The second-order valence-electron chi connectivity index (χ2n) is 5.48. The summed E-state index contributed by atoms with van der Waals surface area (Å²) in [6, 6.07) is 5.19. The fraction of sp³-hybridized carbons (Fsp3) is 0.471. The van der Waals surface area contributed by atoms with Gasteiger partial charge in [-0.15, -0.1) is 0 Å². The quantitative estimate of drug-likeness (QED) is 0.831. The Morgan fingerprint density at radius 2 is 2.29 bits per heavy atom. The van der Waals surface area contributed by atoms with Gasteiger partial charge < -0.3 is 10.0 Å². The zero-order valence-electron chi connectivity index (χ0n) is 12.4. The normalized spacial score (nSPS) is 19.1. The number of anilines is 1. The van der Waals surface area contributed by atoms with Crippen LogP contribution in [0.5, 0.6) is 0 Å². The monoisotopic (exact) mass is 291 g/mol. The highest BCUT2D eigenvalue weighted by Crippen LogP contribution is 2.32. The third-order valence-corrected chi connectivity index (χ3v) is 3.96. The molecule has 1 saturated heterocycles. The Hall–Kier alpha value is -1.84. The minimum Gasteiger partial charge on any atom is -0.478 e. The Morgan fingerprint density at radius 1 is 1.48 bits per heavy atom. The van der Waals surface area contributed by atoms with E-state index in [0.717, 1.165) is 38.3 Å². The molecule has 2 rings (SSSR count). The maximum absolute atomic E-state index is 14.3. The molecule has 0 saturated carbocycles. The molecule has 0 aromatic heterocycles. The minimum atomic E-state index is -1.02. The number of halogens is 1. The number of carboxylic acid groups (broad SMARTS) is 1. The molecule has 1 aliphatic heterocycles. The van der Waals surface area contributed by atoms with Crippen LogP contribution in [0.25, 0.3) is 6.08 Å². The zero-order valence-corrected chi connectivity index (χ0v) is 12.4. The molecule has 0 spiro atoms. The number of rotatable bonds is 5. The maximum atomic E-state index is 14.3. The third-order valence-electron chi connectivity index (χ3n) is 3.96. The van der Waals surface area contributed by atoms with E-state index in [1.807, 2.05) is 0 Å². The third kappa shape index (κ3) is 3.84. The number of para-hydroxylation sites is 1. The first-order chi connectivity index (χ1) is 10.1. The molecular weight excluding hydrogens is 269 g/mol. The average molecular weight is 291 g/mol. The van der Waals surface area contributed by atoms with Crippen molar-refractivity contribution in [3.05, 3.63) is 35.7 Å². The standard InChI is InChI=1S/C17H22FNO2/c1-2-6-14-8-3-4-12-19(14)17-13(10-11-16(20)21)7-5-9-15(17)18/h5,7,9-11,14H,2-4,6,8,12H2,1H3,(H,20,21)/b11-10+. The highest BCUT2D eigenvalue weighted by molar-refractivity contribution is 5.87. The van der Waals surface area contributed by atoms with Crippen LogP contribution >= 0.6 is 0 Å².